The Labute approximate surface area is 124 Å². The highest BCUT2D eigenvalue weighted by Gasteiger charge is 2.45. The van der Waals surface area contributed by atoms with Crippen molar-refractivity contribution >= 4 is 29.2 Å². The summed E-state index contributed by atoms with van der Waals surface area (Å²) < 4.78 is 4.63. The molecule has 0 aromatic heterocycles. The summed E-state index contributed by atoms with van der Waals surface area (Å²) in [5, 5.41) is 0. The van der Waals surface area contributed by atoms with Gasteiger partial charge < -0.3 is 9.64 Å². The number of benzene rings is 1. The Morgan fingerprint density at radius 1 is 1.25 bits per heavy atom. The third-order valence-corrected chi connectivity index (χ3v) is 3.95. The molecule has 0 bridgehead atoms. The lowest BCUT2D eigenvalue weighted by molar-refractivity contribution is -0.147. The average Bonchev–Trinajstić information content (AvgIpc) is 2.51. The van der Waals surface area contributed by atoms with Gasteiger partial charge >= 0.3 is 5.97 Å². The van der Waals surface area contributed by atoms with E-state index >= 15 is 0 Å². The van der Waals surface area contributed by atoms with E-state index in [0.29, 0.717) is 5.69 Å². The van der Waals surface area contributed by atoms with Crippen LogP contribution >= 0.6 is 11.6 Å². The van der Waals surface area contributed by atoms with Crippen molar-refractivity contribution in [3.8, 4) is 0 Å². The number of hydrogen-bond donors (Lipinski definition) is 0. The highest BCUT2D eigenvalue weighted by Crippen LogP contribution is 2.27. The number of anilines is 1. The van der Waals surface area contributed by atoms with E-state index in [1.807, 2.05) is 24.3 Å². The minimum Gasteiger partial charge on any atom is -0.467 e. The smallest absolute Gasteiger partial charge is 0.336 e. The maximum absolute atomic E-state index is 12.4. The quantitative estimate of drug-likeness (QED) is 0.477. The lowest BCUT2D eigenvalue weighted by Gasteiger charge is -2.27. The van der Waals surface area contributed by atoms with Crippen LogP contribution in [0.3, 0.4) is 0 Å². The monoisotopic (exact) mass is 297 g/mol. The third kappa shape index (κ3) is 3.12. The molecule has 0 fully saturated rings. The lowest BCUT2D eigenvalue weighted by Crippen LogP contribution is -2.49. The summed E-state index contributed by atoms with van der Waals surface area (Å²) >= 11 is 6.16. The summed E-state index contributed by atoms with van der Waals surface area (Å²) in [4.78, 5) is 23.9. The van der Waals surface area contributed by atoms with Gasteiger partial charge in [0.2, 0.25) is 4.87 Å². The van der Waals surface area contributed by atoms with Crippen LogP contribution in [0.25, 0.3) is 0 Å². The van der Waals surface area contributed by atoms with Gasteiger partial charge in [-0.15, -0.1) is 0 Å². The number of halogens is 1. The van der Waals surface area contributed by atoms with Gasteiger partial charge in [0.1, 0.15) is 0 Å². The van der Waals surface area contributed by atoms with E-state index in [-0.39, 0.29) is 6.42 Å². The van der Waals surface area contributed by atoms with Crippen LogP contribution < -0.4 is 4.90 Å². The highest BCUT2D eigenvalue weighted by atomic mass is 35.5. The van der Waals surface area contributed by atoms with Crippen molar-refractivity contribution in [1.82, 2.24) is 0 Å². The molecule has 4 nitrogen and oxygen atoms in total. The van der Waals surface area contributed by atoms with Crippen LogP contribution in [0.1, 0.15) is 25.8 Å². The van der Waals surface area contributed by atoms with E-state index < -0.39 is 16.8 Å². The molecule has 1 aromatic carbocycles. The van der Waals surface area contributed by atoms with Crippen LogP contribution in [0.2, 0.25) is 0 Å². The van der Waals surface area contributed by atoms with Gasteiger partial charge in [-0.05, 0) is 30.5 Å². The van der Waals surface area contributed by atoms with Crippen LogP contribution in [-0.2, 0) is 20.7 Å². The zero-order chi connectivity index (χ0) is 15.3. The number of aryl methyl sites for hydroxylation is 1. The first-order chi connectivity index (χ1) is 9.40. The molecule has 5 heteroatoms. The van der Waals surface area contributed by atoms with Crippen LogP contribution in [0.4, 0.5) is 5.69 Å². The molecule has 0 heterocycles. The number of ether oxygens (including phenoxy) is 1. The molecular weight excluding hydrogens is 278 g/mol. The molecule has 1 unspecified atom stereocenters. The Morgan fingerprint density at radius 3 is 2.20 bits per heavy atom. The lowest BCUT2D eigenvalue weighted by atomic mass is 10.0. The van der Waals surface area contributed by atoms with E-state index in [2.05, 4.69) is 11.7 Å². The number of alkyl halides is 1. The fraction of sp³-hybridized carbons (Fsp3) is 0.467. The summed E-state index contributed by atoms with van der Waals surface area (Å²) in [6.45, 7) is 3.73. The Hall–Kier alpha value is -1.55. The Kier molecular flexibility index (Phi) is 5.57. The number of esters is 1. The van der Waals surface area contributed by atoms with Gasteiger partial charge in [-0.2, -0.15) is 0 Å². The number of carbonyl (C=O) groups excluding carboxylic acids is 2. The van der Waals surface area contributed by atoms with Crippen LogP contribution in [0.5, 0.6) is 0 Å². The highest BCUT2D eigenvalue weighted by molar-refractivity contribution is 6.47. The molecule has 0 N–H and O–H groups in total. The largest absolute Gasteiger partial charge is 0.467 e. The first kappa shape index (κ1) is 16.5. The van der Waals surface area contributed by atoms with Crippen molar-refractivity contribution < 1.29 is 14.3 Å². The fourth-order valence-electron chi connectivity index (χ4n) is 1.88. The first-order valence-corrected chi connectivity index (χ1v) is 6.92. The van der Waals surface area contributed by atoms with Crippen LogP contribution in [0.15, 0.2) is 24.3 Å². The van der Waals surface area contributed by atoms with Crippen molar-refractivity contribution in [2.75, 3.05) is 19.1 Å². The van der Waals surface area contributed by atoms with Gasteiger partial charge in [0, 0.05) is 12.7 Å². The molecule has 0 aliphatic rings. The minimum atomic E-state index is -1.67. The molecule has 0 radical (unpaired) electrons. The molecule has 0 spiro atoms. The average molecular weight is 298 g/mol. The normalized spacial score (nSPS) is 13.4. The number of rotatable bonds is 5. The SMILES string of the molecule is CCc1ccc(N(C)C(=O)C(Cl)(CC)C(=O)OC)cc1. The van der Waals surface area contributed by atoms with E-state index in [0.717, 1.165) is 6.42 Å². The van der Waals surface area contributed by atoms with Gasteiger partial charge in [0.25, 0.3) is 5.91 Å². The van der Waals surface area contributed by atoms with Gasteiger partial charge in [0.05, 0.1) is 7.11 Å². The number of amides is 1. The second-order valence-electron chi connectivity index (χ2n) is 4.53. The third-order valence-electron chi connectivity index (χ3n) is 3.37. The topological polar surface area (TPSA) is 46.6 Å². The number of nitrogens with zero attached hydrogens (tertiary/aromatic N) is 1. The van der Waals surface area contributed by atoms with Crippen molar-refractivity contribution in [3.05, 3.63) is 29.8 Å². The second-order valence-corrected chi connectivity index (χ2v) is 5.18. The maximum atomic E-state index is 12.4. The standard InChI is InChI=1S/C15H20ClNO3/c1-5-11-7-9-12(10-8-11)17(3)13(18)15(16,6-2)14(19)20-4/h7-10H,5-6H2,1-4H3. The van der Waals surface area contributed by atoms with Crippen molar-refractivity contribution in [2.24, 2.45) is 0 Å². The predicted molar refractivity (Wildman–Crippen MR) is 80.1 cm³/mol. The van der Waals surface area contributed by atoms with Gasteiger partial charge in [0.15, 0.2) is 0 Å². The summed E-state index contributed by atoms with van der Waals surface area (Å²) in [6, 6.07) is 7.56. The van der Waals surface area contributed by atoms with Crippen LogP contribution in [-0.4, -0.2) is 30.9 Å². The molecule has 110 valence electrons. The molecule has 0 saturated carbocycles. The van der Waals surface area contributed by atoms with Gasteiger partial charge in [-0.3, -0.25) is 4.79 Å². The predicted octanol–water partition coefficient (Wildman–Crippen LogP) is 2.77. The molecule has 1 amide bonds. The molecule has 0 saturated heterocycles. The molecule has 1 rings (SSSR count). The van der Waals surface area contributed by atoms with E-state index in [1.54, 1.807) is 14.0 Å². The van der Waals surface area contributed by atoms with Crippen molar-refractivity contribution in [1.29, 1.82) is 0 Å². The van der Waals surface area contributed by atoms with Crippen molar-refractivity contribution in [3.63, 3.8) is 0 Å². The molecule has 0 aliphatic heterocycles. The van der Waals surface area contributed by atoms with Gasteiger partial charge in [-0.1, -0.05) is 37.6 Å². The summed E-state index contributed by atoms with van der Waals surface area (Å²) in [7, 11) is 2.82. The number of methoxy groups -OCH3 is 1. The Balaban J connectivity index is 3.02. The minimum absolute atomic E-state index is 0.164. The number of carbonyl (C=O) groups is 2. The second kappa shape index (κ2) is 6.75. The fourth-order valence-corrected chi connectivity index (χ4v) is 2.09. The molecule has 20 heavy (non-hydrogen) atoms. The first-order valence-electron chi connectivity index (χ1n) is 6.55. The Bertz CT molecular complexity index is 486. The molecule has 1 atom stereocenters. The summed E-state index contributed by atoms with van der Waals surface area (Å²) in [6.07, 6.45) is 1.09. The molecule has 0 aliphatic carbocycles. The summed E-state index contributed by atoms with van der Waals surface area (Å²) in [5.41, 5.74) is 1.87. The van der Waals surface area contributed by atoms with Crippen LogP contribution in [0, 0.1) is 0 Å². The zero-order valence-electron chi connectivity index (χ0n) is 12.3. The van der Waals surface area contributed by atoms with Gasteiger partial charge in [-0.25, -0.2) is 4.79 Å². The Morgan fingerprint density at radius 2 is 1.80 bits per heavy atom. The van der Waals surface area contributed by atoms with Crippen molar-refractivity contribution in [2.45, 2.75) is 31.6 Å². The maximum Gasteiger partial charge on any atom is 0.336 e. The number of hydrogen-bond acceptors (Lipinski definition) is 3. The molecular formula is C15H20ClNO3. The summed E-state index contributed by atoms with van der Waals surface area (Å²) in [5.74, 6) is -1.22. The zero-order valence-corrected chi connectivity index (χ0v) is 13.0. The van der Waals surface area contributed by atoms with E-state index in [9.17, 15) is 9.59 Å². The van der Waals surface area contributed by atoms with E-state index in [4.69, 9.17) is 11.6 Å². The molecule has 1 aromatic rings. The van der Waals surface area contributed by atoms with E-state index in [1.165, 1.54) is 17.6 Å².